The molecule has 0 saturated carbocycles. The van der Waals surface area contributed by atoms with Crippen molar-refractivity contribution in [3.63, 3.8) is 0 Å². The van der Waals surface area contributed by atoms with Crippen molar-refractivity contribution in [1.82, 2.24) is 10.6 Å². The van der Waals surface area contributed by atoms with Crippen LogP contribution in [0.4, 0.5) is 4.79 Å². The molecule has 0 bridgehead atoms. The fraction of sp³-hybridized carbons (Fsp3) is 0.533. The van der Waals surface area contributed by atoms with E-state index < -0.39 is 0 Å². The average Bonchev–Trinajstić information content (AvgIpc) is 2.38. The Morgan fingerprint density at radius 2 is 1.80 bits per heavy atom. The van der Waals surface area contributed by atoms with Crippen LogP contribution < -0.4 is 10.6 Å². The summed E-state index contributed by atoms with van der Waals surface area (Å²) in [6.07, 6.45) is 0.836. The third kappa shape index (κ3) is 5.80. The Morgan fingerprint density at radius 3 is 2.30 bits per heavy atom. The molecule has 5 heteroatoms. The van der Waals surface area contributed by atoms with E-state index in [1.807, 2.05) is 24.3 Å². The number of aliphatic hydroxyl groups excluding tert-OH is 1. The van der Waals surface area contributed by atoms with Crippen LogP contribution in [0.1, 0.15) is 38.8 Å². The molecule has 0 heterocycles. The Kier molecular flexibility index (Phi) is 6.82. The molecule has 1 aromatic carbocycles. The number of benzene rings is 1. The Morgan fingerprint density at radius 1 is 1.20 bits per heavy atom. The van der Waals surface area contributed by atoms with Crippen LogP contribution in [0.2, 0.25) is 5.02 Å². The van der Waals surface area contributed by atoms with Crippen LogP contribution in [-0.2, 0) is 0 Å². The lowest BCUT2D eigenvalue weighted by atomic mass is 9.97. The molecule has 0 aliphatic heterocycles. The van der Waals surface area contributed by atoms with E-state index in [1.165, 1.54) is 0 Å². The number of rotatable bonds is 6. The first-order valence-corrected chi connectivity index (χ1v) is 7.23. The Bertz CT molecular complexity index is 420. The quantitative estimate of drug-likeness (QED) is 0.756. The van der Waals surface area contributed by atoms with Gasteiger partial charge in [-0.25, -0.2) is 4.79 Å². The lowest BCUT2D eigenvalue weighted by molar-refractivity contribution is 0.216. The fourth-order valence-corrected chi connectivity index (χ4v) is 2.04. The number of carbonyl (C=O) groups excluding carboxylic acids is 1. The third-order valence-corrected chi connectivity index (χ3v) is 3.19. The second-order valence-electron chi connectivity index (χ2n) is 5.44. The number of urea groups is 1. The summed E-state index contributed by atoms with van der Waals surface area (Å²) in [4.78, 5) is 11.9. The van der Waals surface area contributed by atoms with E-state index in [2.05, 4.69) is 24.5 Å². The van der Waals surface area contributed by atoms with E-state index in [4.69, 9.17) is 16.7 Å². The van der Waals surface area contributed by atoms with Crippen LogP contribution >= 0.6 is 11.6 Å². The number of amides is 2. The van der Waals surface area contributed by atoms with E-state index in [0.29, 0.717) is 10.9 Å². The van der Waals surface area contributed by atoms with Crippen LogP contribution in [0, 0.1) is 5.92 Å². The zero-order valence-corrected chi connectivity index (χ0v) is 12.9. The normalized spacial score (nSPS) is 13.9. The molecule has 0 aromatic heterocycles. The summed E-state index contributed by atoms with van der Waals surface area (Å²) in [6, 6.07) is 6.88. The molecule has 1 aromatic rings. The second-order valence-corrected chi connectivity index (χ2v) is 5.87. The molecule has 20 heavy (non-hydrogen) atoms. The largest absolute Gasteiger partial charge is 0.394 e. The van der Waals surface area contributed by atoms with Gasteiger partial charge in [0.1, 0.15) is 0 Å². The van der Waals surface area contributed by atoms with E-state index in [-0.39, 0.29) is 24.7 Å². The van der Waals surface area contributed by atoms with Gasteiger partial charge in [0.15, 0.2) is 0 Å². The fourth-order valence-electron chi connectivity index (χ4n) is 1.91. The highest BCUT2D eigenvalue weighted by Crippen LogP contribution is 2.22. The maximum absolute atomic E-state index is 11.9. The maximum Gasteiger partial charge on any atom is 0.315 e. The molecule has 2 unspecified atom stereocenters. The third-order valence-electron chi connectivity index (χ3n) is 2.94. The summed E-state index contributed by atoms with van der Waals surface area (Å²) < 4.78 is 0. The molecule has 1 rings (SSSR count). The monoisotopic (exact) mass is 298 g/mol. The number of hydrogen-bond acceptors (Lipinski definition) is 2. The molecule has 0 spiro atoms. The molecular formula is C15H23ClN2O2. The zero-order valence-electron chi connectivity index (χ0n) is 12.2. The Balaban J connectivity index is 2.74. The first-order valence-electron chi connectivity index (χ1n) is 6.85. The van der Waals surface area contributed by atoms with Gasteiger partial charge in [-0.2, -0.15) is 0 Å². The summed E-state index contributed by atoms with van der Waals surface area (Å²) in [7, 11) is 0. The van der Waals surface area contributed by atoms with Crippen molar-refractivity contribution in [3.8, 4) is 0 Å². The molecule has 3 N–H and O–H groups in total. The van der Waals surface area contributed by atoms with Gasteiger partial charge >= 0.3 is 6.03 Å². The van der Waals surface area contributed by atoms with E-state index in [9.17, 15) is 4.79 Å². The van der Waals surface area contributed by atoms with Crippen LogP contribution in [0.5, 0.6) is 0 Å². The van der Waals surface area contributed by atoms with E-state index >= 15 is 0 Å². The highest BCUT2D eigenvalue weighted by molar-refractivity contribution is 6.30. The summed E-state index contributed by atoms with van der Waals surface area (Å²) in [5, 5.41) is 15.3. The van der Waals surface area contributed by atoms with E-state index in [1.54, 1.807) is 6.92 Å². The van der Waals surface area contributed by atoms with Crippen molar-refractivity contribution in [2.75, 3.05) is 6.61 Å². The van der Waals surface area contributed by atoms with Gasteiger partial charge in [0.25, 0.3) is 0 Å². The average molecular weight is 299 g/mol. The highest BCUT2D eigenvalue weighted by atomic mass is 35.5. The molecule has 2 atom stereocenters. The second kappa shape index (κ2) is 8.12. The van der Waals surface area contributed by atoms with Gasteiger partial charge in [-0.1, -0.05) is 37.6 Å². The minimum Gasteiger partial charge on any atom is -0.394 e. The number of aliphatic hydroxyl groups is 1. The minimum atomic E-state index is -0.271. The van der Waals surface area contributed by atoms with Crippen molar-refractivity contribution < 1.29 is 9.90 Å². The molecule has 0 fully saturated rings. The minimum absolute atomic E-state index is 0.0711. The van der Waals surface area contributed by atoms with Gasteiger partial charge < -0.3 is 15.7 Å². The van der Waals surface area contributed by atoms with Crippen molar-refractivity contribution in [2.45, 2.75) is 39.3 Å². The molecule has 0 saturated heterocycles. The molecular weight excluding hydrogens is 276 g/mol. The molecule has 4 nitrogen and oxygen atoms in total. The van der Waals surface area contributed by atoms with Crippen LogP contribution in [-0.4, -0.2) is 23.8 Å². The molecule has 0 aliphatic carbocycles. The molecule has 112 valence electrons. The van der Waals surface area contributed by atoms with Crippen LogP contribution in [0.25, 0.3) is 0 Å². The first-order chi connectivity index (χ1) is 9.42. The topological polar surface area (TPSA) is 61.4 Å². The lowest BCUT2D eigenvalue weighted by Gasteiger charge is -2.22. The maximum atomic E-state index is 11.9. The van der Waals surface area contributed by atoms with Gasteiger partial charge in [0.05, 0.1) is 18.7 Å². The SMILES string of the molecule is CC(C)CC(NC(=O)NC(C)CO)c1ccc(Cl)cc1. The van der Waals surface area contributed by atoms with Crippen LogP contribution in [0.15, 0.2) is 24.3 Å². The molecule has 2 amide bonds. The van der Waals surface area contributed by atoms with E-state index in [0.717, 1.165) is 12.0 Å². The standard InChI is InChI=1S/C15H23ClN2O2/c1-10(2)8-14(12-4-6-13(16)7-5-12)18-15(20)17-11(3)9-19/h4-7,10-11,14,19H,8-9H2,1-3H3,(H2,17,18,20). The molecule has 0 radical (unpaired) electrons. The van der Waals surface area contributed by atoms with Crippen molar-refractivity contribution in [3.05, 3.63) is 34.9 Å². The number of carbonyl (C=O) groups is 1. The predicted molar refractivity (Wildman–Crippen MR) is 81.9 cm³/mol. The molecule has 0 aliphatic rings. The van der Waals surface area contributed by atoms with Gasteiger partial charge in [-0.05, 0) is 37.0 Å². The number of hydrogen-bond donors (Lipinski definition) is 3. The highest BCUT2D eigenvalue weighted by Gasteiger charge is 2.17. The Hall–Kier alpha value is -1.26. The van der Waals surface area contributed by atoms with Gasteiger partial charge in [0.2, 0.25) is 0 Å². The van der Waals surface area contributed by atoms with Crippen molar-refractivity contribution >= 4 is 17.6 Å². The summed E-state index contributed by atoms with van der Waals surface area (Å²) in [6.45, 7) is 5.89. The van der Waals surface area contributed by atoms with Gasteiger partial charge in [-0.15, -0.1) is 0 Å². The van der Waals surface area contributed by atoms with Crippen molar-refractivity contribution in [2.24, 2.45) is 5.92 Å². The zero-order chi connectivity index (χ0) is 15.1. The summed E-state index contributed by atoms with van der Waals surface area (Å²) in [5.74, 6) is 0.450. The smallest absolute Gasteiger partial charge is 0.315 e. The summed E-state index contributed by atoms with van der Waals surface area (Å²) in [5.41, 5.74) is 1.02. The first kappa shape index (κ1) is 16.8. The number of nitrogens with one attached hydrogen (secondary N) is 2. The van der Waals surface area contributed by atoms with Gasteiger partial charge in [0, 0.05) is 5.02 Å². The van der Waals surface area contributed by atoms with Gasteiger partial charge in [-0.3, -0.25) is 0 Å². The lowest BCUT2D eigenvalue weighted by Crippen LogP contribution is -2.43. The Labute approximate surface area is 125 Å². The summed E-state index contributed by atoms with van der Waals surface area (Å²) >= 11 is 5.89. The predicted octanol–water partition coefficient (Wildman–Crippen LogP) is 3.11. The van der Waals surface area contributed by atoms with Crippen molar-refractivity contribution in [1.29, 1.82) is 0 Å². The van der Waals surface area contributed by atoms with Crippen LogP contribution in [0.3, 0.4) is 0 Å². The number of halogens is 1.